The van der Waals surface area contributed by atoms with E-state index in [0.29, 0.717) is 6.04 Å². The minimum Gasteiger partial charge on any atom is -0.371 e. The molecular weight excluding hydrogens is 124 g/mol. The molecule has 0 aliphatic carbocycles. The Labute approximate surface area is 62.3 Å². The fourth-order valence-electron chi connectivity index (χ4n) is 1.13. The van der Waals surface area contributed by atoms with Crippen LogP contribution in [0.1, 0.15) is 20.3 Å². The molecule has 0 amide bonds. The Morgan fingerprint density at radius 3 is 2.90 bits per heavy atom. The van der Waals surface area contributed by atoms with Gasteiger partial charge in [-0.2, -0.15) is 0 Å². The van der Waals surface area contributed by atoms with Gasteiger partial charge in [-0.05, 0) is 13.3 Å². The smallest absolute Gasteiger partial charge is 0.0633 e. The first-order chi connectivity index (χ1) is 4.74. The van der Waals surface area contributed by atoms with Crippen LogP contribution in [0.5, 0.6) is 0 Å². The fourth-order valence-corrected chi connectivity index (χ4v) is 1.13. The molecule has 0 saturated carbocycles. The Kier molecular flexibility index (Phi) is 2.10. The van der Waals surface area contributed by atoms with Gasteiger partial charge in [-0.1, -0.05) is 6.92 Å². The van der Waals surface area contributed by atoms with Crippen molar-refractivity contribution in [2.75, 3.05) is 7.05 Å². The van der Waals surface area contributed by atoms with Gasteiger partial charge in [-0.15, -0.1) is 0 Å². The van der Waals surface area contributed by atoms with Crippen LogP contribution in [0.3, 0.4) is 0 Å². The van der Waals surface area contributed by atoms with Gasteiger partial charge in [-0.25, -0.2) is 0 Å². The Morgan fingerprint density at radius 1 is 1.70 bits per heavy atom. The van der Waals surface area contributed by atoms with Gasteiger partial charge in [0.25, 0.3) is 0 Å². The van der Waals surface area contributed by atoms with Crippen LogP contribution in [0.2, 0.25) is 0 Å². The highest BCUT2D eigenvalue weighted by molar-refractivity contribution is 5.67. The van der Waals surface area contributed by atoms with E-state index in [0.717, 1.165) is 12.1 Å². The SMILES string of the molecule is CCC1C=NC(C)=CN1C. The lowest BCUT2D eigenvalue weighted by atomic mass is 10.2. The van der Waals surface area contributed by atoms with Crippen LogP contribution < -0.4 is 0 Å². The zero-order valence-electron chi connectivity index (χ0n) is 6.83. The minimum atomic E-state index is 0.503. The zero-order chi connectivity index (χ0) is 7.56. The van der Waals surface area contributed by atoms with E-state index in [1.807, 2.05) is 13.1 Å². The summed E-state index contributed by atoms with van der Waals surface area (Å²) in [7, 11) is 2.09. The third-order valence-corrected chi connectivity index (χ3v) is 1.78. The van der Waals surface area contributed by atoms with Gasteiger partial charge in [0, 0.05) is 19.5 Å². The van der Waals surface area contributed by atoms with Crippen LogP contribution in [0, 0.1) is 0 Å². The third-order valence-electron chi connectivity index (χ3n) is 1.78. The lowest BCUT2D eigenvalue weighted by Crippen LogP contribution is -2.30. The van der Waals surface area contributed by atoms with Crippen LogP contribution in [0.15, 0.2) is 16.9 Å². The summed E-state index contributed by atoms with van der Waals surface area (Å²) in [4.78, 5) is 6.42. The van der Waals surface area contributed by atoms with Crippen molar-refractivity contribution in [3.05, 3.63) is 11.9 Å². The third kappa shape index (κ3) is 1.38. The lowest BCUT2D eigenvalue weighted by Gasteiger charge is -2.25. The van der Waals surface area contributed by atoms with Crippen molar-refractivity contribution in [1.82, 2.24) is 4.90 Å². The zero-order valence-corrected chi connectivity index (χ0v) is 6.83. The molecule has 1 atom stereocenters. The molecule has 0 radical (unpaired) electrons. The Morgan fingerprint density at radius 2 is 2.40 bits per heavy atom. The number of hydrogen-bond donors (Lipinski definition) is 0. The predicted octanol–water partition coefficient (Wildman–Crippen LogP) is 1.64. The topological polar surface area (TPSA) is 15.6 Å². The van der Waals surface area contributed by atoms with Gasteiger partial charge >= 0.3 is 0 Å². The second kappa shape index (κ2) is 2.86. The average molecular weight is 138 g/mol. The molecule has 56 valence electrons. The van der Waals surface area contributed by atoms with Crippen LogP contribution >= 0.6 is 0 Å². The van der Waals surface area contributed by atoms with Crippen molar-refractivity contribution in [1.29, 1.82) is 0 Å². The van der Waals surface area contributed by atoms with Crippen molar-refractivity contribution in [3.8, 4) is 0 Å². The molecule has 1 unspecified atom stereocenters. The number of allylic oxidation sites excluding steroid dienone is 1. The number of aliphatic imine (C=N–C) groups is 1. The summed E-state index contributed by atoms with van der Waals surface area (Å²) >= 11 is 0. The maximum Gasteiger partial charge on any atom is 0.0633 e. The monoisotopic (exact) mass is 138 g/mol. The van der Waals surface area contributed by atoms with E-state index in [4.69, 9.17) is 0 Å². The molecule has 0 aromatic heterocycles. The summed E-state index contributed by atoms with van der Waals surface area (Å²) in [6.45, 7) is 4.18. The summed E-state index contributed by atoms with van der Waals surface area (Å²) in [6, 6.07) is 0.503. The fraction of sp³-hybridized carbons (Fsp3) is 0.625. The molecule has 0 aromatic rings. The molecule has 10 heavy (non-hydrogen) atoms. The van der Waals surface area contributed by atoms with Crippen molar-refractivity contribution in [2.45, 2.75) is 26.3 Å². The van der Waals surface area contributed by atoms with Crippen molar-refractivity contribution < 1.29 is 0 Å². The second-order valence-corrected chi connectivity index (χ2v) is 2.69. The number of hydrogen-bond acceptors (Lipinski definition) is 2. The second-order valence-electron chi connectivity index (χ2n) is 2.69. The Balaban J connectivity index is 2.64. The van der Waals surface area contributed by atoms with Gasteiger partial charge in [0.15, 0.2) is 0 Å². The molecule has 2 nitrogen and oxygen atoms in total. The lowest BCUT2D eigenvalue weighted by molar-refractivity contribution is 0.391. The summed E-state index contributed by atoms with van der Waals surface area (Å²) in [5.41, 5.74) is 1.09. The molecule has 0 saturated heterocycles. The van der Waals surface area contributed by atoms with E-state index >= 15 is 0 Å². The van der Waals surface area contributed by atoms with E-state index in [1.165, 1.54) is 0 Å². The van der Waals surface area contributed by atoms with Crippen LogP contribution in [-0.4, -0.2) is 24.2 Å². The summed E-state index contributed by atoms with van der Waals surface area (Å²) in [5.74, 6) is 0. The maximum absolute atomic E-state index is 4.23. The van der Waals surface area contributed by atoms with Gasteiger partial charge < -0.3 is 4.90 Å². The van der Waals surface area contributed by atoms with E-state index in [9.17, 15) is 0 Å². The van der Waals surface area contributed by atoms with Gasteiger partial charge in [0.2, 0.25) is 0 Å². The first-order valence-corrected chi connectivity index (χ1v) is 3.68. The highest BCUT2D eigenvalue weighted by Gasteiger charge is 2.09. The summed E-state index contributed by atoms with van der Waals surface area (Å²) in [5, 5.41) is 0. The minimum absolute atomic E-state index is 0.503. The molecule has 0 bridgehead atoms. The standard InChI is InChI=1S/C8H14N2/c1-4-8-5-9-7(2)6-10(8)3/h5-6,8H,4H2,1-3H3. The quantitative estimate of drug-likeness (QED) is 0.538. The summed E-state index contributed by atoms with van der Waals surface area (Å²) < 4.78 is 0. The molecule has 0 aromatic carbocycles. The van der Waals surface area contributed by atoms with Crippen molar-refractivity contribution in [3.63, 3.8) is 0 Å². The van der Waals surface area contributed by atoms with E-state index in [-0.39, 0.29) is 0 Å². The molecule has 0 N–H and O–H groups in total. The van der Waals surface area contributed by atoms with Crippen LogP contribution in [0.4, 0.5) is 0 Å². The average Bonchev–Trinajstić information content (AvgIpc) is 1.88. The Bertz CT molecular complexity index is 170. The maximum atomic E-state index is 4.23. The normalized spacial score (nSPS) is 24.9. The largest absolute Gasteiger partial charge is 0.371 e. The molecule has 1 rings (SSSR count). The highest BCUT2D eigenvalue weighted by atomic mass is 15.1. The van der Waals surface area contributed by atoms with Crippen LogP contribution in [-0.2, 0) is 0 Å². The first kappa shape index (κ1) is 7.32. The van der Waals surface area contributed by atoms with E-state index in [2.05, 4.69) is 30.1 Å². The van der Waals surface area contributed by atoms with Crippen molar-refractivity contribution >= 4 is 6.21 Å². The molecule has 0 fully saturated rings. The summed E-state index contributed by atoms with van der Waals surface area (Å²) in [6.07, 6.45) is 5.22. The highest BCUT2D eigenvalue weighted by Crippen LogP contribution is 2.09. The number of nitrogens with zero attached hydrogens (tertiary/aromatic N) is 2. The number of rotatable bonds is 1. The van der Waals surface area contributed by atoms with Crippen LogP contribution in [0.25, 0.3) is 0 Å². The molecular formula is C8H14N2. The molecule has 1 heterocycles. The molecule has 2 heteroatoms. The Hall–Kier alpha value is -0.790. The van der Waals surface area contributed by atoms with Crippen molar-refractivity contribution in [2.24, 2.45) is 4.99 Å². The molecule has 0 spiro atoms. The van der Waals surface area contributed by atoms with E-state index in [1.54, 1.807) is 0 Å². The van der Waals surface area contributed by atoms with Gasteiger partial charge in [0.1, 0.15) is 0 Å². The first-order valence-electron chi connectivity index (χ1n) is 3.68. The predicted molar refractivity (Wildman–Crippen MR) is 44.1 cm³/mol. The van der Waals surface area contributed by atoms with Gasteiger partial charge in [-0.3, -0.25) is 4.99 Å². The molecule has 1 aliphatic heterocycles. The van der Waals surface area contributed by atoms with Gasteiger partial charge in [0.05, 0.1) is 11.7 Å². The molecule has 1 aliphatic rings. The van der Waals surface area contributed by atoms with E-state index < -0.39 is 0 Å².